The average molecular weight is 658 g/mol. The molecule has 2 saturated heterocycles. The first kappa shape index (κ1) is 32.3. The summed E-state index contributed by atoms with van der Waals surface area (Å²) in [4.78, 5) is 41.0. The summed E-state index contributed by atoms with van der Waals surface area (Å²) >= 11 is 7.67. The molecule has 0 radical (unpaired) electrons. The van der Waals surface area contributed by atoms with Crippen LogP contribution in [0.2, 0.25) is 5.02 Å². The number of aliphatic hydroxyl groups is 1. The first-order valence-electron chi connectivity index (χ1n) is 13.8. The number of esters is 1. The number of hydrogen-bond acceptors (Lipinski definition) is 11. The van der Waals surface area contributed by atoms with Crippen molar-refractivity contribution in [3.05, 3.63) is 62.5 Å². The molecule has 44 heavy (non-hydrogen) atoms. The van der Waals surface area contributed by atoms with Gasteiger partial charge < -0.3 is 20.3 Å². The number of hydroxylamine groups is 2. The molecule has 3 N–H and O–H groups in total. The van der Waals surface area contributed by atoms with Crippen molar-refractivity contribution in [2.75, 3.05) is 32.8 Å². The van der Waals surface area contributed by atoms with Crippen molar-refractivity contribution in [1.29, 1.82) is 0 Å². The highest BCUT2D eigenvalue weighted by molar-refractivity contribution is 7.11. The molecule has 0 bridgehead atoms. The Labute approximate surface area is 259 Å². The summed E-state index contributed by atoms with van der Waals surface area (Å²) < 4.78 is 50.5. The Kier molecular flexibility index (Phi) is 9.08. The molecule has 2 fully saturated rings. The fourth-order valence-corrected chi connectivity index (χ4v) is 6.32. The number of alkyl halides is 2. The number of carbonyl (C=O) groups excluding carboxylic acids is 1. The number of amidine groups is 1. The van der Waals surface area contributed by atoms with Crippen molar-refractivity contribution in [2.45, 2.75) is 50.9 Å². The van der Waals surface area contributed by atoms with Crippen molar-refractivity contribution in [2.24, 2.45) is 10.4 Å². The number of thiazole rings is 1. The van der Waals surface area contributed by atoms with E-state index in [9.17, 15) is 24.2 Å². The number of β-amino-alcohol motifs (C(OH)–C–C–N with tert-alkyl or cyclic N) is 1. The smallest absolute Gasteiger partial charge is 0.338 e. The molecular formula is C28H31ClF3N5O6S. The largest absolute Gasteiger partial charge is 0.481 e. The third-order valence-electron chi connectivity index (χ3n) is 8.01. The molecule has 16 heteroatoms. The minimum absolute atomic E-state index is 0.00994. The van der Waals surface area contributed by atoms with Gasteiger partial charge in [0.1, 0.15) is 17.9 Å². The molecule has 3 aliphatic rings. The lowest BCUT2D eigenvalue weighted by Crippen LogP contribution is -2.51. The van der Waals surface area contributed by atoms with Gasteiger partial charge in [-0.1, -0.05) is 17.7 Å². The minimum Gasteiger partial charge on any atom is -0.481 e. The Morgan fingerprint density at radius 3 is 2.75 bits per heavy atom. The van der Waals surface area contributed by atoms with Crippen LogP contribution < -0.4 is 5.32 Å². The van der Waals surface area contributed by atoms with Gasteiger partial charge in [0.2, 0.25) is 0 Å². The molecule has 3 aliphatic heterocycles. The number of aliphatic carboxylic acids is 1. The van der Waals surface area contributed by atoms with Crippen LogP contribution in [0, 0.1) is 11.2 Å². The predicted molar refractivity (Wildman–Crippen MR) is 154 cm³/mol. The number of aromatic nitrogens is 1. The maximum absolute atomic E-state index is 15.6. The van der Waals surface area contributed by atoms with Gasteiger partial charge in [0.15, 0.2) is 10.8 Å². The van der Waals surface area contributed by atoms with E-state index in [1.54, 1.807) is 18.5 Å². The number of aliphatic hydroxyl groups excluding tert-OH is 1. The monoisotopic (exact) mass is 657 g/mol. The number of aliphatic imine (C=N–C) groups is 1. The van der Waals surface area contributed by atoms with Gasteiger partial charge >= 0.3 is 11.9 Å². The first-order chi connectivity index (χ1) is 20.7. The highest BCUT2D eigenvalue weighted by Gasteiger charge is 2.61. The van der Waals surface area contributed by atoms with Gasteiger partial charge in [0, 0.05) is 34.4 Å². The lowest BCUT2D eigenvalue weighted by molar-refractivity contribution is -0.202. The first-order valence-corrected chi connectivity index (χ1v) is 15.0. The fraction of sp³-hybridized carbons (Fsp3) is 0.500. The quantitative estimate of drug-likeness (QED) is 0.327. The Balaban J connectivity index is 1.51. The lowest BCUT2D eigenvalue weighted by atomic mass is 9.86. The maximum atomic E-state index is 15.6. The maximum Gasteiger partial charge on any atom is 0.338 e. The highest BCUT2D eigenvalue weighted by atomic mass is 35.5. The summed E-state index contributed by atoms with van der Waals surface area (Å²) in [6.07, 6.45) is 0.0600. The molecular weight excluding hydrogens is 627 g/mol. The number of carboxylic acids is 1. The zero-order chi connectivity index (χ0) is 32.0. The van der Waals surface area contributed by atoms with Crippen LogP contribution in [0.3, 0.4) is 0 Å². The topological polar surface area (TPSA) is 137 Å². The van der Waals surface area contributed by atoms with Crippen LogP contribution in [-0.4, -0.2) is 99.9 Å². The van der Waals surface area contributed by atoms with Gasteiger partial charge in [-0.2, -0.15) is 5.06 Å². The van der Waals surface area contributed by atoms with E-state index in [0.29, 0.717) is 10.6 Å². The Bertz CT molecular complexity index is 1490. The molecule has 1 aromatic carbocycles. The molecule has 11 nitrogen and oxygen atoms in total. The number of likely N-dealkylation sites (tertiary alicyclic amines) is 1. The van der Waals surface area contributed by atoms with Crippen LogP contribution in [0.5, 0.6) is 0 Å². The summed E-state index contributed by atoms with van der Waals surface area (Å²) in [7, 11) is 0. The summed E-state index contributed by atoms with van der Waals surface area (Å²) in [6, 6.07) is 0.238. The molecule has 0 spiro atoms. The Morgan fingerprint density at radius 1 is 1.36 bits per heavy atom. The molecule has 0 amide bonds. The second-order valence-electron chi connectivity index (χ2n) is 11.2. The number of halogens is 4. The number of ether oxygens (including phenoxy) is 1. The number of rotatable bonds is 10. The molecule has 4 atom stereocenters. The van der Waals surface area contributed by atoms with Crippen LogP contribution in [0.1, 0.15) is 37.4 Å². The van der Waals surface area contributed by atoms with Crippen molar-refractivity contribution in [3.63, 3.8) is 0 Å². The number of nitrogens with one attached hydrogen (secondary N) is 1. The van der Waals surface area contributed by atoms with E-state index >= 15 is 8.78 Å². The molecule has 1 aromatic heterocycles. The van der Waals surface area contributed by atoms with E-state index in [1.807, 2.05) is 0 Å². The van der Waals surface area contributed by atoms with E-state index in [-0.39, 0.29) is 41.9 Å². The molecule has 0 saturated carbocycles. The minimum atomic E-state index is -3.32. The third kappa shape index (κ3) is 6.08. The van der Waals surface area contributed by atoms with Crippen LogP contribution >= 0.6 is 22.9 Å². The molecule has 0 aliphatic carbocycles. The second kappa shape index (κ2) is 12.4. The highest BCUT2D eigenvalue weighted by Crippen LogP contribution is 2.42. The zero-order valence-corrected chi connectivity index (χ0v) is 25.5. The van der Waals surface area contributed by atoms with Gasteiger partial charge in [-0.15, -0.1) is 11.3 Å². The number of carbonyl (C=O) groups is 2. The summed E-state index contributed by atoms with van der Waals surface area (Å²) in [5, 5.41) is 26.3. The molecule has 2 aromatic rings. The Hall–Kier alpha value is -3.08. The zero-order valence-electron chi connectivity index (χ0n) is 24.0. The van der Waals surface area contributed by atoms with Gasteiger partial charge in [0.05, 0.1) is 49.4 Å². The van der Waals surface area contributed by atoms with Crippen LogP contribution in [0.15, 0.2) is 46.0 Å². The summed E-state index contributed by atoms with van der Waals surface area (Å²) in [5.41, 5.74) is -1.07. The predicted octanol–water partition coefficient (Wildman–Crippen LogP) is 3.25. The van der Waals surface area contributed by atoms with Crippen molar-refractivity contribution < 1.29 is 42.5 Å². The standard InChI is InChI=1S/C28H31ClF3N5O6S/c1-4-42-25(39)20-17(34-23(24-33-7-8-44-24)35-21(20)15-6-5-14(30)9-16(15)29)10-36-13-28(31,32)22-18(36)12-43-37(22)11-19(38)27(2,3)26(40)41/h5-9,18-19,21-22,38H,4,10-13H2,1-3H3,(H,34,35)(H,40,41)/t18-,19-,21-,22+/m0/s1. The average Bonchev–Trinajstić information content (AvgIpc) is 3.68. The fourth-order valence-electron chi connectivity index (χ4n) is 5.46. The van der Waals surface area contributed by atoms with E-state index in [0.717, 1.165) is 11.1 Å². The van der Waals surface area contributed by atoms with Crippen molar-refractivity contribution in [3.8, 4) is 0 Å². The molecule has 5 rings (SSSR count). The van der Waals surface area contributed by atoms with Gasteiger partial charge in [-0.05, 0) is 32.9 Å². The van der Waals surface area contributed by atoms with E-state index in [4.69, 9.17) is 21.2 Å². The number of benzene rings is 1. The SMILES string of the molecule is CCOC(=O)C1=C(CN2CC(F)(F)[C@H]3[C@@H]2CON3C[C@H](O)C(C)(C)C(=O)O)NC(c2nccs2)=N[C@H]1c1ccc(F)cc1Cl. The molecule has 0 unspecified atom stereocenters. The molecule has 238 valence electrons. The summed E-state index contributed by atoms with van der Waals surface area (Å²) in [5.74, 6) is -5.69. The van der Waals surface area contributed by atoms with E-state index in [2.05, 4.69) is 15.3 Å². The van der Waals surface area contributed by atoms with Gasteiger partial charge in [0.25, 0.3) is 5.92 Å². The number of nitrogens with zero attached hydrogens (tertiary/aromatic N) is 4. The third-order valence-corrected chi connectivity index (χ3v) is 9.12. The number of hydrogen-bond donors (Lipinski definition) is 3. The second-order valence-corrected chi connectivity index (χ2v) is 12.5. The molecule has 4 heterocycles. The lowest BCUT2D eigenvalue weighted by Gasteiger charge is -2.32. The number of fused-ring (bicyclic) bond motifs is 1. The van der Waals surface area contributed by atoms with Gasteiger partial charge in [-0.25, -0.2) is 22.9 Å². The van der Waals surface area contributed by atoms with Crippen molar-refractivity contribution >= 4 is 40.7 Å². The van der Waals surface area contributed by atoms with Crippen LogP contribution in [0.4, 0.5) is 13.2 Å². The Morgan fingerprint density at radius 2 is 2.11 bits per heavy atom. The summed E-state index contributed by atoms with van der Waals surface area (Å²) in [6.45, 7) is 2.72. The van der Waals surface area contributed by atoms with Crippen molar-refractivity contribution in [1.82, 2.24) is 20.3 Å². The van der Waals surface area contributed by atoms with E-state index in [1.165, 1.54) is 42.2 Å². The number of carboxylic acid groups (broad SMARTS) is 1. The van der Waals surface area contributed by atoms with E-state index < -0.39 is 66.4 Å². The van der Waals surface area contributed by atoms with Crippen LogP contribution in [-0.2, 0) is 19.2 Å². The van der Waals surface area contributed by atoms with Crippen LogP contribution in [0.25, 0.3) is 0 Å². The van der Waals surface area contributed by atoms with Gasteiger partial charge in [-0.3, -0.25) is 19.5 Å². The normalized spacial score (nSPS) is 24.5.